The second kappa shape index (κ2) is 7.92. The third-order valence-electron chi connectivity index (χ3n) is 6.38. The van der Waals surface area contributed by atoms with Gasteiger partial charge < -0.3 is 5.32 Å². The lowest BCUT2D eigenvalue weighted by atomic mass is 9.71. The fourth-order valence-electron chi connectivity index (χ4n) is 4.33. The van der Waals surface area contributed by atoms with Crippen LogP contribution in [0.25, 0.3) is 0 Å². The van der Waals surface area contributed by atoms with Crippen molar-refractivity contribution in [1.29, 1.82) is 0 Å². The highest BCUT2D eigenvalue weighted by Gasteiger charge is 2.42. The van der Waals surface area contributed by atoms with Crippen LogP contribution in [-0.2, 0) is 20.4 Å². The van der Waals surface area contributed by atoms with E-state index in [1.807, 2.05) is 37.3 Å². The Labute approximate surface area is 173 Å². The number of hydrogen-bond donors (Lipinski definition) is 1. The molecule has 1 N–H and O–H groups in total. The molecule has 29 heavy (non-hydrogen) atoms. The third kappa shape index (κ3) is 3.96. The van der Waals surface area contributed by atoms with Crippen LogP contribution in [0.2, 0.25) is 0 Å². The molecule has 0 atom stereocenters. The number of aryl methyl sites for hydroxylation is 1. The second-order valence-corrected chi connectivity index (χ2v) is 10.2. The zero-order valence-corrected chi connectivity index (χ0v) is 17.6. The molecule has 1 aliphatic carbocycles. The van der Waals surface area contributed by atoms with Gasteiger partial charge in [0.05, 0.1) is 10.4 Å². The van der Waals surface area contributed by atoms with E-state index in [-0.39, 0.29) is 17.4 Å². The maximum atomic E-state index is 13.0. The highest BCUT2D eigenvalue weighted by Crippen LogP contribution is 2.41. The van der Waals surface area contributed by atoms with Gasteiger partial charge in [-0.1, -0.05) is 48.0 Å². The molecule has 0 bridgehead atoms. The van der Waals surface area contributed by atoms with Gasteiger partial charge in [-0.3, -0.25) is 4.79 Å². The zero-order chi connectivity index (χ0) is 20.5. The van der Waals surface area contributed by atoms with Gasteiger partial charge in [-0.25, -0.2) is 8.42 Å². The fourth-order valence-corrected chi connectivity index (χ4v) is 5.80. The molecule has 1 amide bonds. The predicted molar refractivity (Wildman–Crippen MR) is 113 cm³/mol. The van der Waals surface area contributed by atoms with Crippen molar-refractivity contribution in [2.75, 3.05) is 13.1 Å². The van der Waals surface area contributed by atoms with Gasteiger partial charge in [0, 0.05) is 19.0 Å². The molecule has 0 spiro atoms. The number of piperidine rings is 1. The van der Waals surface area contributed by atoms with Crippen LogP contribution < -0.4 is 5.32 Å². The van der Waals surface area contributed by atoms with Crippen molar-refractivity contribution in [3.8, 4) is 0 Å². The molecule has 5 nitrogen and oxygen atoms in total. The summed E-state index contributed by atoms with van der Waals surface area (Å²) in [5.41, 5.74) is 1.95. The van der Waals surface area contributed by atoms with Crippen molar-refractivity contribution >= 4 is 15.9 Å². The summed E-state index contributed by atoms with van der Waals surface area (Å²) in [6, 6.07) is 17.1. The molecule has 2 aromatic carbocycles. The van der Waals surface area contributed by atoms with Crippen LogP contribution in [0.5, 0.6) is 0 Å². The van der Waals surface area contributed by atoms with Crippen LogP contribution >= 0.6 is 0 Å². The molecule has 2 fully saturated rings. The van der Waals surface area contributed by atoms with E-state index in [9.17, 15) is 13.2 Å². The minimum absolute atomic E-state index is 0.0564. The van der Waals surface area contributed by atoms with Crippen LogP contribution in [0, 0.1) is 12.8 Å². The molecule has 6 heteroatoms. The number of benzene rings is 2. The van der Waals surface area contributed by atoms with E-state index in [2.05, 4.69) is 17.4 Å². The van der Waals surface area contributed by atoms with E-state index in [0.29, 0.717) is 30.8 Å². The number of nitrogens with zero attached hydrogens (tertiary/aromatic N) is 1. The first-order chi connectivity index (χ1) is 13.9. The molecule has 154 valence electrons. The lowest BCUT2D eigenvalue weighted by Gasteiger charge is -2.44. The Morgan fingerprint density at radius 2 is 1.62 bits per heavy atom. The molecular weight excluding hydrogens is 384 g/mol. The SMILES string of the molecule is Cc1ccc(S(=O)(=O)N2CCC(C(=O)NC3(c4ccccc4)CCC3)CC2)cc1. The number of rotatable bonds is 5. The first-order valence-corrected chi connectivity index (χ1v) is 11.8. The lowest BCUT2D eigenvalue weighted by molar-refractivity contribution is -0.129. The highest BCUT2D eigenvalue weighted by molar-refractivity contribution is 7.89. The summed E-state index contributed by atoms with van der Waals surface area (Å²) in [5, 5.41) is 3.30. The number of hydrogen-bond acceptors (Lipinski definition) is 3. The number of nitrogens with one attached hydrogen (secondary N) is 1. The Morgan fingerprint density at radius 1 is 1.00 bits per heavy atom. The molecule has 0 aromatic heterocycles. The average molecular weight is 413 g/mol. The fraction of sp³-hybridized carbons (Fsp3) is 0.435. The standard InChI is InChI=1S/C23H28N2O3S/c1-18-8-10-21(11-9-18)29(27,28)25-16-12-19(13-17-25)22(26)24-23(14-5-15-23)20-6-3-2-4-7-20/h2-4,6-11,19H,5,12-17H2,1H3,(H,24,26). The van der Waals surface area contributed by atoms with E-state index < -0.39 is 10.0 Å². The first-order valence-electron chi connectivity index (χ1n) is 10.4. The van der Waals surface area contributed by atoms with Crippen LogP contribution in [0.1, 0.15) is 43.2 Å². The van der Waals surface area contributed by atoms with Crippen LogP contribution in [-0.4, -0.2) is 31.7 Å². The van der Waals surface area contributed by atoms with Gasteiger partial charge in [-0.05, 0) is 56.7 Å². The quantitative estimate of drug-likeness (QED) is 0.816. The second-order valence-electron chi connectivity index (χ2n) is 8.28. The maximum absolute atomic E-state index is 13.0. The van der Waals surface area contributed by atoms with Crippen molar-refractivity contribution in [3.63, 3.8) is 0 Å². The van der Waals surface area contributed by atoms with Crippen molar-refractivity contribution in [3.05, 3.63) is 65.7 Å². The number of sulfonamides is 1. The van der Waals surface area contributed by atoms with Crippen LogP contribution in [0.15, 0.2) is 59.5 Å². The number of carbonyl (C=O) groups excluding carboxylic acids is 1. The summed E-state index contributed by atoms with van der Waals surface area (Å²) in [4.78, 5) is 13.3. The molecule has 2 aliphatic rings. The molecule has 1 saturated heterocycles. The molecular formula is C23H28N2O3S. The normalized spacial score (nSPS) is 20.0. The third-order valence-corrected chi connectivity index (χ3v) is 8.29. The monoisotopic (exact) mass is 412 g/mol. The smallest absolute Gasteiger partial charge is 0.243 e. The molecule has 1 saturated carbocycles. The number of amides is 1. The van der Waals surface area contributed by atoms with Gasteiger partial charge in [0.25, 0.3) is 0 Å². The highest BCUT2D eigenvalue weighted by atomic mass is 32.2. The van der Waals surface area contributed by atoms with Crippen molar-refractivity contribution in [2.45, 2.75) is 49.5 Å². The van der Waals surface area contributed by atoms with E-state index in [4.69, 9.17) is 0 Å². The molecule has 2 aromatic rings. The molecule has 1 aliphatic heterocycles. The topological polar surface area (TPSA) is 66.5 Å². The average Bonchev–Trinajstić information content (AvgIpc) is 2.71. The summed E-state index contributed by atoms with van der Waals surface area (Å²) < 4.78 is 27.3. The predicted octanol–water partition coefficient (Wildman–Crippen LogP) is 3.59. The van der Waals surface area contributed by atoms with Crippen molar-refractivity contribution in [1.82, 2.24) is 9.62 Å². The van der Waals surface area contributed by atoms with E-state index in [1.165, 1.54) is 9.87 Å². The van der Waals surface area contributed by atoms with Crippen molar-refractivity contribution in [2.24, 2.45) is 5.92 Å². The Balaban J connectivity index is 1.39. The van der Waals surface area contributed by atoms with Crippen LogP contribution in [0.4, 0.5) is 0 Å². The van der Waals surface area contributed by atoms with Gasteiger partial charge in [-0.15, -0.1) is 0 Å². The molecule has 0 unspecified atom stereocenters. The minimum Gasteiger partial charge on any atom is -0.346 e. The number of carbonyl (C=O) groups is 1. The van der Waals surface area contributed by atoms with Gasteiger partial charge in [0.1, 0.15) is 0 Å². The Bertz CT molecular complexity index is 959. The minimum atomic E-state index is -3.50. The molecule has 1 heterocycles. The Hall–Kier alpha value is -2.18. The summed E-state index contributed by atoms with van der Waals surface area (Å²) in [7, 11) is -3.50. The largest absolute Gasteiger partial charge is 0.346 e. The van der Waals surface area contributed by atoms with Gasteiger partial charge >= 0.3 is 0 Å². The van der Waals surface area contributed by atoms with Gasteiger partial charge in [0.2, 0.25) is 15.9 Å². The lowest BCUT2D eigenvalue weighted by Crippen LogP contribution is -2.53. The summed E-state index contributed by atoms with van der Waals surface area (Å²) in [5.74, 6) is -0.0819. The summed E-state index contributed by atoms with van der Waals surface area (Å²) in [6.07, 6.45) is 4.15. The summed E-state index contributed by atoms with van der Waals surface area (Å²) in [6.45, 7) is 2.70. The molecule has 4 rings (SSSR count). The van der Waals surface area contributed by atoms with Gasteiger partial charge in [0.15, 0.2) is 0 Å². The van der Waals surface area contributed by atoms with E-state index in [0.717, 1.165) is 24.8 Å². The Morgan fingerprint density at radius 3 is 2.17 bits per heavy atom. The van der Waals surface area contributed by atoms with Gasteiger partial charge in [-0.2, -0.15) is 4.31 Å². The summed E-state index contributed by atoms with van der Waals surface area (Å²) >= 11 is 0. The Kier molecular flexibility index (Phi) is 5.49. The zero-order valence-electron chi connectivity index (χ0n) is 16.8. The van der Waals surface area contributed by atoms with Crippen molar-refractivity contribution < 1.29 is 13.2 Å². The van der Waals surface area contributed by atoms with Crippen LogP contribution in [0.3, 0.4) is 0 Å². The first kappa shape index (κ1) is 20.1. The van der Waals surface area contributed by atoms with E-state index >= 15 is 0 Å². The maximum Gasteiger partial charge on any atom is 0.243 e. The molecule has 0 radical (unpaired) electrons. The van der Waals surface area contributed by atoms with E-state index in [1.54, 1.807) is 12.1 Å².